The number of hydrogen-bond acceptors (Lipinski definition) is 6. The van der Waals surface area contributed by atoms with Gasteiger partial charge in [0.2, 0.25) is 0 Å². The zero-order chi connectivity index (χ0) is 35.5. The molecule has 3 heterocycles. The normalized spacial score (nSPS) is 20.4. The number of aliphatic hydroxyl groups excluding tert-OH is 1. The Labute approximate surface area is 311 Å². The van der Waals surface area contributed by atoms with Crippen LogP contribution < -0.4 is 11.0 Å². The number of aromatic nitrogens is 2. The second-order valence-electron chi connectivity index (χ2n) is 13.2. The van der Waals surface area contributed by atoms with Crippen molar-refractivity contribution < 1.29 is 19.4 Å². The van der Waals surface area contributed by atoms with Gasteiger partial charge in [0.1, 0.15) is 0 Å². The van der Waals surface area contributed by atoms with E-state index >= 15 is 0 Å². The molecule has 3 N–H and O–H groups in total. The number of carbonyl (C=O) groups is 1. The van der Waals surface area contributed by atoms with Gasteiger partial charge < -0.3 is 29.8 Å². The van der Waals surface area contributed by atoms with Gasteiger partial charge in [0.25, 0.3) is 9.70 Å². The Kier molecular flexibility index (Phi) is 10.9. The first-order valence-electron chi connectivity index (χ1n) is 17.1. The second kappa shape index (κ2) is 15.5. The van der Waals surface area contributed by atoms with E-state index in [0.29, 0.717) is 6.42 Å². The number of ether oxygens (including phenoxy) is 2. The second-order valence-corrected chi connectivity index (χ2v) is 15.5. The summed E-state index contributed by atoms with van der Waals surface area (Å²) in [6.45, 7) is 2.64. The van der Waals surface area contributed by atoms with Crippen molar-refractivity contribution in [3.63, 3.8) is 0 Å². The highest BCUT2D eigenvalue weighted by Gasteiger charge is 2.35. The number of rotatable bonds is 9. The predicted octanol–water partition coefficient (Wildman–Crippen LogP) is 7.36. The molecular formula is C39H39Cl3N4O5. The lowest BCUT2D eigenvalue weighted by Gasteiger charge is -2.40. The summed E-state index contributed by atoms with van der Waals surface area (Å²) in [5.41, 5.74) is 7.31. The zero-order valence-electron chi connectivity index (χ0n) is 27.8. The zero-order valence-corrected chi connectivity index (χ0v) is 30.1. The number of para-hydroxylation sites is 2. The quantitative estimate of drug-likeness (QED) is 0.136. The van der Waals surface area contributed by atoms with Crippen molar-refractivity contribution in [2.45, 2.75) is 60.7 Å². The molecule has 4 aromatic carbocycles. The number of piperidine rings is 1. The van der Waals surface area contributed by atoms with Crippen LogP contribution >= 0.6 is 34.8 Å². The van der Waals surface area contributed by atoms with Crippen molar-refractivity contribution in [2.24, 2.45) is 0 Å². The number of alkyl halides is 3. The van der Waals surface area contributed by atoms with Crippen LogP contribution in [0.2, 0.25) is 0 Å². The standard InChI is InChI=1S/C39H39Cl3N4O5/c40-39(41,42)37(48)43-22-26-5-3-6-28(19-26)29-7-4-8-30(20-29)36-50-32(21-35(51-36)27-13-11-25(24-47)12-14-27)23-45-17-15-31(16-18-45)46-34-10-2-1-9-33(34)44-38(46)49/h1-14,19-20,31-32,35-36,47H,15-18,21-24H2,(H,43,48)(H,44,49)/t32-,35+,36+/m1/s1. The molecule has 0 unspecified atom stereocenters. The van der Waals surface area contributed by atoms with Crippen LogP contribution in [0.15, 0.2) is 102 Å². The molecule has 1 amide bonds. The lowest BCUT2D eigenvalue weighted by molar-refractivity contribution is -0.253. The topological polar surface area (TPSA) is 109 Å². The van der Waals surface area contributed by atoms with Gasteiger partial charge in [-0.25, -0.2) is 4.79 Å². The minimum Gasteiger partial charge on any atom is -0.392 e. The predicted molar refractivity (Wildman–Crippen MR) is 200 cm³/mol. The summed E-state index contributed by atoms with van der Waals surface area (Å²) >= 11 is 17.1. The number of imidazole rings is 1. The first-order valence-corrected chi connectivity index (χ1v) is 18.2. The van der Waals surface area contributed by atoms with Gasteiger partial charge in [0, 0.05) is 44.2 Å². The van der Waals surface area contributed by atoms with Crippen molar-refractivity contribution in [1.82, 2.24) is 19.8 Å². The van der Waals surface area contributed by atoms with Crippen LogP contribution in [0.4, 0.5) is 0 Å². The summed E-state index contributed by atoms with van der Waals surface area (Å²) in [4.78, 5) is 30.4. The Bertz CT molecular complexity index is 2040. The summed E-state index contributed by atoms with van der Waals surface area (Å²) in [5.74, 6) is -0.684. The summed E-state index contributed by atoms with van der Waals surface area (Å²) in [5, 5.41) is 12.3. The maximum absolute atomic E-state index is 12.9. The molecule has 2 fully saturated rings. The third kappa shape index (κ3) is 8.36. The highest BCUT2D eigenvalue weighted by Crippen LogP contribution is 2.39. The number of nitrogens with zero attached hydrogens (tertiary/aromatic N) is 2. The van der Waals surface area contributed by atoms with E-state index in [4.69, 9.17) is 44.3 Å². The first kappa shape index (κ1) is 35.7. The summed E-state index contributed by atoms with van der Waals surface area (Å²) in [7, 11) is 0. The number of H-pyrrole nitrogens is 1. The van der Waals surface area contributed by atoms with Gasteiger partial charge in [-0.05, 0) is 64.9 Å². The maximum Gasteiger partial charge on any atom is 0.326 e. The number of likely N-dealkylation sites (tertiary alicyclic amines) is 1. The average Bonchev–Trinajstić information content (AvgIpc) is 3.49. The number of carbonyl (C=O) groups excluding carboxylic acids is 1. The molecule has 0 spiro atoms. The largest absolute Gasteiger partial charge is 0.392 e. The molecule has 9 nitrogen and oxygen atoms in total. The highest BCUT2D eigenvalue weighted by atomic mass is 35.6. The number of aromatic amines is 1. The smallest absolute Gasteiger partial charge is 0.326 e. The number of aliphatic hydroxyl groups is 1. The molecule has 2 aliphatic heterocycles. The number of halogens is 3. The fourth-order valence-corrected chi connectivity index (χ4v) is 7.33. The lowest BCUT2D eigenvalue weighted by atomic mass is 9.97. The number of amides is 1. The Morgan fingerprint density at radius 3 is 2.33 bits per heavy atom. The van der Waals surface area contributed by atoms with Crippen molar-refractivity contribution in [2.75, 3.05) is 19.6 Å². The van der Waals surface area contributed by atoms with Crippen LogP contribution in [0.25, 0.3) is 22.2 Å². The van der Waals surface area contributed by atoms with Crippen LogP contribution in [0.5, 0.6) is 0 Å². The molecule has 12 heteroatoms. The van der Waals surface area contributed by atoms with Crippen LogP contribution in [0, 0.1) is 0 Å². The van der Waals surface area contributed by atoms with E-state index in [9.17, 15) is 14.7 Å². The lowest BCUT2D eigenvalue weighted by Crippen LogP contribution is -2.43. The van der Waals surface area contributed by atoms with E-state index in [1.807, 2.05) is 95.6 Å². The molecular weight excluding hydrogens is 711 g/mol. The first-order chi connectivity index (χ1) is 24.6. The number of hydrogen-bond donors (Lipinski definition) is 3. The fraction of sp³-hybridized carbons (Fsp3) is 0.333. The van der Waals surface area contributed by atoms with E-state index in [1.54, 1.807) is 0 Å². The van der Waals surface area contributed by atoms with Crippen molar-refractivity contribution in [3.8, 4) is 11.1 Å². The molecule has 0 saturated carbocycles. The van der Waals surface area contributed by atoms with E-state index in [-0.39, 0.29) is 37.1 Å². The molecule has 1 aromatic heterocycles. The van der Waals surface area contributed by atoms with Gasteiger partial charge in [-0.2, -0.15) is 0 Å². The van der Waals surface area contributed by atoms with E-state index < -0.39 is 16.0 Å². The van der Waals surface area contributed by atoms with Gasteiger partial charge in [0.05, 0.1) is 29.8 Å². The highest BCUT2D eigenvalue weighted by molar-refractivity contribution is 6.76. The fourth-order valence-electron chi connectivity index (χ4n) is 7.13. The van der Waals surface area contributed by atoms with Crippen LogP contribution in [0.3, 0.4) is 0 Å². The SMILES string of the molecule is O=C(NCc1cccc(-c2cccc([C@H]3O[C@@H](CN4CCC(n5c(=O)[nH]c6ccccc65)CC4)C[C@@H](c4ccc(CO)cc4)O3)c2)c1)C(Cl)(Cl)Cl. The summed E-state index contributed by atoms with van der Waals surface area (Å²) in [6, 6.07) is 31.8. The molecule has 266 valence electrons. The van der Waals surface area contributed by atoms with Gasteiger partial charge in [-0.1, -0.05) is 108 Å². The van der Waals surface area contributed by atoms with Crippen LogP contribution in [-0.2, 0) is 27.4 Å². The summed E-state index contributed by atoms with van der Waals surface area (Å²) in [6.07, 6.45) is 1.49. The van der Waals surface area contributed by atoms with Gasteiger partial charge >= 0.3 is 5.69 Å². The molecule has 3 atom stereocenters. The van der Waals surface area contributed by atoms with E-state index in [1.165, 1.54) is 0 Å². The number of nitrogens with one attached hydrogen (secondary N) is 2. The van der Waals surface area contributed by atoms with Gasteiger partial charge in [0.15, 0.2) is 6.29 Å². The minimum atomic E-state index is -2.03. The monoisotopic (exact) mass is 748 g/mol. The van der Waals surface area contributed by atoms with Crippen LogP contribution in [-0.4, -0.2) is 55.0 Å². The third-order valence-electron chi connectivity index (χ3n) is 9.75. The third-order valence-corrected chi connectivity index (χ3v) is 10.3. The Morgan fingerprint density at radius 2 is 1.59 bits per heavy atom. The van der Waals surface area contributed by atoms with Gasteiger partial charge in [-0.15, -0.1) is 0 Å². The van der Waals surface area contributed by atoms with Gasteiger partial charge in [-0.3, -0.25) is 9.36 Å². The molecule has 2 saturated heterocycles. The van der Waals surface area contributed by atoms with E-state index in [2.05, 4.69) is 21.3 Å². The average molecular weight is 750 g/mol. The molecule has 7 rings (SSSR count). The minimum absolute atomic E-state index is 0.0198. The molecule has 0 aliphatic carbocycles. The Hall–Kier alpha value is -3.67. The van der Waals surface area contributed by atoms with E-state index in [0.717, 1.165) is 76.9 Å². The Balaban J connectivity index is 1.07. The van der Waals surface area contributed by atoms with Crippen molar-refractivity contribution >= 4 is 51.7 Å². The molecule has 2 aliphatic rings. The molecule has 51 heavy (non-hydrogen) atoms. The maximum atomic E-state index is 12.9. The van der Waals surface area contributed by atoms with Crippen molar-refractivity contribution in [3.05, 3.63) is 130 Å². The van der Waals surface area contributed by atoms with Crippen molar-refractivity contribution in [1.29, 1.82) is 0 Å². The number of benzene rings is 4. The van der Waals surface area contributed by atoms with Crippen LogP contribution in [0.1, 0.15) is 60.0 Å². The molecule has 5 aromatic rings. The molecule has 0 radical (unpaired) electrons. The Morgan fingerprint density at radius 1 is 0.863 bits per heavy atom. The molecule has 0 bridgehead atoms. The summed E-state index contributed by atoms with van der Waals surface area (Å²) < 4.78 is 13.3. The number of fused-ring (bicyclic) bond motifs is 1.